The Morgan fingerprint density at radius 1 is 0.846 bits per heavy atom. The number of benzene rings is 2. The van der Waals surface area contributed by atoms with Gasteiger partial charge in [-0.3, -0.25) is 4.79 Å². The van der Waals surface area contributed by atoms with Gasteiger partial charge in [0.1, 0.15) is 17.2 Å². The number of carbonyl (C=O) groups is 1. The Morgan fingerprint density at radius 2 is 1.35 bits per heavy atom. The van der Waals surface area contributed by atoms with E-state index in [9.17, 15) is 4.79 Å². The van der Waals surface area contributed by atoms with Crippen molar-refractivity contribution in [1.29, 1.82) is 0 Å². The summed E-state index contributed by atoms with van der Waals surface area (Å²) >= 11 is 0. The molecule has 2 aromatic rings. The van der Waals surface area contributed by atoms with Gasteiger partial charge in [0.05, 0.1) is 20.3 Å². The van der Waals surface area contributed by atoms with Crippen molar-refractivity contribution < 1.29 is 19.0 Å². The van der Waals surface area contributed by atoms with Crippen LogP contribution in [0.1, 0.15) is 38.3 Å². The van der Waals surface area contributed by atoms with Crippen molar-refractivity contribution >= 4 is 5.91 Å². The van der Waals surface area contributed by atoms with E-state index in [1.54, 1.807) is 26.4 Å². The van der Waals surface area contributed by atoms with E-state index in [0.29, 0.717) is 12.2 Å². The first kappa shape index (κ1) is 19.6. The van der Waals surface area contributed by atoms with Gasteiger partial charge in [-0.15, -0.1) is 0 Å². The molecule has 0 aliphatic rings. The van der Waals surface area contributed by atoms with E-state index in [0.717, 1.165) is 23.5 Å². The summed E-state index contributed by atoms with van der Waals surface area (Å²) in [4.78, 5) is 12.7. The van der Waals surface area contributed by atoms with Crippen LogP contribution in [0.25, 0.3) is 0 Å². The van der Waals surface area contributed by atoms with Crippen LogP contribution in [0.5, 0.6) is 17.2 Å². The lowest BCUT2D eigenvalue weighted by atomic mass is 10.0. The highest BCUT2D eigenvalue weighted by atomic mass is 16.5. The van der Waals surface area contributed by atoms with Crippen LogP contribution >= 0.6 is 0 Å². The minimum atomic E-state index is -0.546. The highest BCUT2D eigenvalue weighted by molar-refractivity contribution is 5.81. The second-order valence-electron chi connectivity index (χ2n) is 5.93. The van der Waals surface area contributed by atoms with Gasteiger partial charge < -0.3 is 19.5 Å². The van der Waals surface area contributed by atoms with Gasteiger partial charge in [-0.1, -0.05) is 26.0 Å². The molecule has 0 spiro atoms. The quantitative estimate of drug-likeness (QED) is 0.733. The summed E-state index contributed by atoms with van der Waals surface area (Å²) < 4.78 is 16.2. The molecule has 2 aromatic carbocycles. The van der Waals surface area contributed by atoms with Crippen LogP contribution in [0.4, 0.5) is 0 Å². The molecule has 0 unspecified atom stereocenters. The summed E-state index contributed by atoms with van der Waals surface area (Å²) in [6, 6.07) is 14.9. The Kier molecular flexibility index (Phi) is 7.33. The molecule has 1 amide bonds. The Balaban J connectivity index is 2.03. The maximum absolute atomic E-state index is 12.7. The fourth-order valence-electron chi connectivity index (χ4n) is 2.66. The molecule has 0 aromatic heterocycles. The van der Waals surface area contributed by atoms with Crippen LogP contribution in [-0.4, -0.2) is 26.2 Å². The van der Waals surface area contributed by atoms with E-state index >= 15 is 0 Å². The van der Waals surface area contributed by atoms with Gasteiger partial charge in [-0.25, -0.2) is 0 Å². The molecule has 0 heterocycles. The van der Waals surface area contributed by atoms with Gasteiger partial charge in [0.15, 0.2) is 6.10 Å². The van der Waals surface area contributed by atoms with E-state index in [-0.39, 0.29) is 11.9 Å². The first-order valence-corrected chi connectivity index (χ1v) is 8.86. The van der Waals surface area contributed by atoms with Crippen molar-refractivity contribution in [3.63, 3.8) is 0 Å². The summed E-state index contributed by atoms with van der Waals surface area (Å²) in [5, 5.41) is 3.08. The Bertz CT molecular complexity index is 682. The zero-order valence-corrected chi connectivity index (χ0v) is 15.8. The minimum absolute atomic E-state index is 0.0677. The smallest absolute Gasteiger partial charge is 0.261 e. The third-order valence-corrected chi connectivity index (χ3v) is 4.24. The molecule has 0 aliphatic carbocycles. The molecule has 5 nitrogen and oxygen atoms in total. The molecular formula is C21H27NO4. The molecule has 0 aliphatic heterocycles. The molecule has 5 heteroatoms. The van der Waals surface area contributed by atoms with E-state index in [1.165, 1.54) is 0 Å². The van der Waals surface area contributed by atoms with Crippen molar-refractivity contribution in [1.82, 2.24) is 5.32 Å². The number of rotatable bonds is 9. The highest BCUT2D eigenvalue weighted by Crippen LogP contribution is 2.22. The predicted octanol–water partition coefficient (Wildman–Crippen LogP) is 4.13. The average Bonchev–Trinajstić information content (AvgIpc) is 2.70. The van der Waals surface area contributed by atoms with Gasteiger partial charge in [0, 0.05) is 0 Å². The van der Waals surface area contributed by atoms with E-state index in [2.05, 4.69) is 5.32 Å². The summed E-state index contributed by atoms with van der Waals surface area (Å²) in [7, 11) is 3.25. The van der Waals surface area contributed by atoms with Crippen LogP contribution in [0.3, 0.4) is 0 Å². The van der Waals surface area contributed by atoms with Crippen molar-refractivity contribution in [2.45, 2.75) is 38.8 Å². The monoisotopic (exact) mass is 357 g/mol. The maximum atomic E-state index is 12.7. The van der Waals surface area contributed by atoms with E-state index < -0.39 is 6.10 Å². The number of carbonyl (C=O) groups excluding carboxylic acids is 1. The lowest BCUT2D eigenvalue weighted by molar-refractivity contribution is -0.128. The Labute approximate surface area is 155 Å². The molecule has 140 valence electrons. The van der Waals surface area contributed by atoms with Crippen molar-refractivity contribution in [2.24, 2.45) is 0 Å². The van der Waals surface area contributed by atoms with E-state index in [4.69, 9.17) is 14.2 Å². The maximum Gasteiger partial charge on any atom is 0.261 e. The zero-order valence-electron chi connectivity index (χ0n) is 15.8. The van der Waals surface area contributed by atoms with Gasteiger partial charge in [0.25, 0.3) is 5.91 Å². The zero-order chi connectivity index (χ0) is 18.9. The standard InChI is InChI=1S/C21H27NO4/c1-5-19(15-7-9-16(24-3)10-8-15)22-21(23)20(6-2)26-18-13-11-17(25-4)12-14-18/h7-14,19-20H,5-6H2,1-4H3,(H,22,23)/t19-,20+/m1/s1. The van der Waals surface area contributed by atoms with E-state index in [1.807, 2.05) is 50.2 Å². The van der Waals surface area contributed by atoms with Crippen LogP contribution in [0.15, 0.2) is 48.5 Å². The SMILES string of the molecule is CC[C@H](Oc1ccc(OC)cc1)C(=O)N[C@H](CC)c1ccc(OC)cc1. The van der Waals surface area contributed by atoms with Gasteiger partial charge in [-0.2, -0.15) is 0 Å². The number of amides is 1. The molecule has 26 heavy (non-hydrogen) atoms. The first-order valence-electron chi connectivity index (χ1n) is 8.86. The fraction of sp³-hybridized carbons (Fsp3) is 0.381. The van der Waals surface area contributed by atoms with Crippen LogP contribution in [0, 0.1) is 0 Å². The number of hydrogen-bond acceptors (Lipinski definition) is 4. The molecule has 1 N–H and O–H groups in total. The number of ether oxygens (including phenoxy) is 3. The molecule has 0 saturated carbocycles. The molecule has 0 bridgehead atoms. The first-order chi connectivity index (χ1) is 12.6. The van der Waals surface area contributed by atoms with Crippen LogP contribution in [-0.2, 0) is 4.79 Å². The number of hydrogen-bond donors (Lipinski definition) is 1. The number of methoxy groups -OCH3 is 2. The minimum Gasteiger partial charge on any atom is -0.497 e. The van der Waals surface area contributed by atoms with Crippen molar-refractivity contribution in [3.8, 4) is 17.2 Å². The fourth-order valence-corrected chi connectivity index (χ4v) is 2.66. The van der Waals surface area contributed by atoms with Gasteiger partial charge >= 0.3 is 0 Å². The molecule has 2 atom stereocenters. The molecular weight excluding hydrogens is 330 g/mol. The summed E-state index contributed by atoms with van der Waals surface area (Å²) in [5.41, 5.74) is 1.04. The molecule has 0 fully saturated rings. The molecule has 0 radical (unpaired) electrons. The largest absolute Gasteiger partial charge is 0.497 e. The second-order valence-corrected chi connectivity index (χ2v) is 5.93. The lowest BCUT2D eigenvalue weighted by Gasteiger charge is -2.22. The van der Waals surface area contributed by atoms with Crippen molar-refractivity contribution in [3.05, 3.63) is 54.1 Å². The third kappa shape index (κ3) is 5.15. The summed E-state index contributed by atoms with van der Waals surface area (Å²) in [6.45, 7) is 3.97. The molecule has 0 saturated heterocycles. The van der Waals surface area contributed by atoms with Crippen LogP contribution in [0.2, 0.25) is 0 Å². The molecule has 2 rings (SSSR count). The van der Waals surface area contributed by atoms with Crippen LogP contribution < -0.4 is 19.5 Å². The van der Waals surface area contributed by atoms with Gasteiger partial charge in [-0.05, 0) is 54.8 Å². The third-order valence-electron chi connectivity index (χ3n) is 4.24. The van der Waals surface area contributed by atoms with Gasteiger partial charge in [0.2, 0.25) is 0 Å². The average molecular weight is 357 g/mol. The summed E-state index contributed by atoms with van der Waals surface area (Å²) in [6.07, 6.45) is 0.823. The Morgan fingerprint density at radius 3 is 1.81 bits per heavy atom. The number of nitrogens with one attached hydrogen (secondary N) is 1. The highest BCUT2D eigenvalue weighted by Gasteiger charge is 2.22. The normalized spacial score (nSPS) is 12.8. The second kappa shape index (κ2) is 9.70. The Hall–Kier alpha value is -2.69. The van der Waals surface area contributed by atoms with Crippen molar-refractivity contribution in [2.75, 3.05) is 14.2 Å². The lowest BCUT2D eigenvalue weighted by Crippen LogP contribution is -2.39. The predicted molar refractivity (Wildman–Crippen MR) is 102 cm³/mol. The summed E-state index contributed by atoms with van der Waals surface area (Å²) in [5.74, 6) is 2.07. The topological polar surface area (TPSA) is 56.8 Å².